The Morgan fingerprint density at radius 1 is 1.21 bits per heavy atom. The molecule has 0 fully saturated rings. The van der Waals surface area contributed by atoms with E-state index in [4.69, 9.17) is 0 Å². The highest BCUT2D eigenvalue weighted by Crippen LogP contribution is 2.05. The van der Waals surface area contributed by atoms with Gasteiger partial charge in [-0.15, -0.1) is 0 Å². The molecule has 0 heterocycles. The van der Waals surface area contributed by atoms with Crippen molar-refractivity contribution in [2.24, 2.45) is 0 Å². The standard InChI is InChI=1S/C11H15FOSi/c1-14(2,3)10-6-4-9(5-7-10)11(13)8-12/h4-7H,8H2,1-3H3. The smallest absolute Gasteiger partial charge is 0.193 e. The highest BCUT2D eigenvalue weighted by Gasteiger charge is 2.16. The molecule has 0 aliphatic carbocycles. The summed E-state index contributed by atoms with van der Waals surface area (Å²) in [7, 11) is -1.31. The molecule has 1 aromatic rings. The number of halogens is 1. The first-order valence-corrected chi connectivity index (χ1v) is 8.15. The second-order valence-electron chi connectivity index (χ2n) is 4.38. The van der Waals surface area contributed by atoms with Crippen LogP contribution in [0.4, 0.5) is 4.39 Å². The Kier molecular flexibility index (Phi) is 3.21. The fourth-order valence-corrected chi connectivity index (χ4v) is 2.40. The Balaban J connectivity index is 2.95. The van der Waals surface area contributed by atoms with Gasteiger partial charge in [0, 0.05) is 5.56 Å². The molecule has 0 N–H and O–H groups in total. The number of carbonyl (C=O) groups is 1. The molecular weight excluding hydrogens is 195 g/mol. The zero-order valence-electron chi connectivity index (χ0n) is 8.80. The molecule has 1 aromatic carbocycles. The SMILES string of the molecule is C[Si](C)(C)c1ccc(C(=O)CF)cc1. The van der Waals surface area contributed by atoms with Gasteiger partial charge in [0.1, 0.15) is 0 Å². The minimum atomic E-state index is -1.31. The molecular formula is C11H15FOSi. The summed E-state index contributed by atoms with van der Waals surface area (Å²) >= 11 is 0. The van der Waals surface area contributed by atoms with Crippen LogP contribution in [0.5, 0.6) is 0 Å². The fourth-order valence-electron chi connectivity index (χ4n) is 1.23. The van der Waals surface area contributed by atoms with Crippen LogP contribution >= 0.6 is 0 Å². The van der Waals surface area contributed by atoms with Gasteiger partial charge in [-0.2, -0.15) is 0 Å². The van der Waals surface area contributed by atoms with Gasteiger partial charge in [0.15, 0.2) is 12.5 Å². The third kappa shape index (κ3) is 2.51. The third-order valence-electron chi connectivity index (χ3n) is 2.19. The molecule has 3 heteroatoms. The zero-order chi connectivity index (χ0) is 10.8. The first kappa shape index (κ1) is 11.1. The third-order valence-corrected chi connectivity index (χ3v) is 4.26. The zero-order valence-corrected chi connectivity index (χ0v) is 9.80. The molecule has 0 bridgehead atoms. The summed E-state index contributed by atoms with van der Waals surface area (Å²) in [5.74, 6) is -0.438. The second-order valence-corrected chi connectivity index (χ2v) is 9.46. The van der Waals surface area contributed by atoms with E-state index in [2.05, 4.69) is 19.6 Å². The van der Waals surface area contributed by atoms with E-state index in [1.54, 1.807) is 12.1 Å². The maximum absolute atomic E-state index is 12.1. The number of benzene rings is 1. The van der Waals surface area contributed by atoms with Crippen LogP contribution in [0.2, 0.25) is 19.6 Å². The van der Waals surface area contributed by atoms with E-state index in [1.165, 1.54) is 5.19 Å². The number of rotatable bonds is 3. The summed E-state index contributed by atoms with van der Waals surface area (Å²) in [6.07, 6.45) is 0. The molecule has 0 atom stereocenters. The van der Waals surface area contributed by atoms with Crippen LogP contribution in [0.25, 0.3) is 0 Å². The van der Waals surface area contributed by atoms with Gasteiger partial charge in [-0.05, 0) is 0 Å². The Morgan fingerprint density at radius 3 is 2.07 bits per heavy atom. The van der Waals surface area contributed by atoms with Crippen LogP contribution in [0.1, 0.15) is 10.4 Å². The van der Waals surface area contributed by atoms with E-state index in [0.717, 1.165) is 0 Å². The minimum absolute atomic E-state index is 0.438. The molecule has 0 spiro atoms. The predicted octanol–water partition coefficient (Wildman–Crippen LogP) is 2.38. The van der Waals surface area contributed by atoms with Crippen molar-refractivity contribution in [1.29, 1.82) is 0 Å². The first-order valence-electron chi connectivity index (χ1n) is 4.65. The van der Waals surface area contributed by atoms with Crippen LogP contribution in [-0.4, -0.2) is 20.5 Å². The van der Waals surface area contributed by atoms with Crippen LogP contribution in [-0.2, 0) is 0 Å². The van der Waals surface area contributed by atoms with E-state index in [-0.39, 0.29) is 0 Å². The molecule has 0 unspecified atom stereocenters. The lowest BCUT2D eigenvalue weighted by atomic mass is 10.1. The molecule has 0 saturated carbocycles. The molecule has 76 valence electrons. The molecule has 1 nitrogen and oxygen atoms in total. The summed E-state index contributed by atoms with van der Waals surface area (Å²) < 4.78 is 12.1. The van der Waals surface area contributed by atoms with Crippen molar-refractivity contribution in [3.05, 3.63) is 29.8 Å². The van der Waals surface area contributed by atoms with E-state index < -0.39 is 20.5 Å². The van der Waals surface area contributed by atoms with Crippen molar-refractivity contribution in [1.82, 2.24) is 0 Å². The van der Waals surface area contributed by atoms with E-state index in [0.29, 0.717) is 5.56 Å². The number of carbonyl (C=O) groups excluding carboxylic acids is 1. The molecule has 0 saturated heterocycles. The Bertz CT molecular complexity index is 324. The number of alkyl halides is 1. The lowest BCUT2D eigenvalue weighted by Crippen LogP contribution is -2.37. The van der Waals surface area contributed by atoms with Gasteiger partial charge in [0.05, 0.1) is 8.07 Å². The maximum atomic E-state index is 12.1. The normalized spacial score (nSPS) is 11.4. The monoisotopic (exact) mass is 210 g/mol. The maximum Gasteiger partial charge on any atom is 0.193 e. The van der Waals surface area contributed by atoms with Crippen molar-refractivity contribution in [3.63, 3.8) is 0 Å². The van der Waals surface area contributed by atoms with Gasteiger partial charge in [-0.3, -0.25) is 4.79 Å². The van der Waals surface area contributed by atoms with E-state index in [1.807, 2.05) is 12.1 Å². The van der Waals surface area contributed by atoms with Crippen molar-refractivity contribution >= 4 is 19.0 Å². The number of ketones is 1. The molecule has 0 radical (unpaired) electrons. The van der Waals surface area contributed by atoms with Crippen LogP contribution in [0.15, 0.2) is 24.3 Å². The molecule has 0 amide bonds. The highest BCUT2D eigenvalue weighted by molar-refractivity contribution is 6.88. The largest absolute Gasteiger partial charge is 0.291 e. The summed E-state index contributed by atoms with van der Waals surface area (Å²) in [5.41, 5.74) is 0.467. The van der Waals surface area contributed by atoms with Crippen LogP contribution in [0, 0.1) is 0 Å². The summed E-state index contributed by atoms with van der Waals surface area (Å²) in [6, 6.07) is 7.31. The lowest BCUT2D eigenvalue weighted by molar-refractivity contribution is 0.0958. The number of hydrogen-bond acceptors (Lipinski definition) is 1. The number of hydrogen-bond donors (Lipinski definition) is 0. The molecule has 0 aliphatic heterocycles. The second kappa shape index (κ2) is 4.05. The Morgan fingerprint density at radius 2 is 1.71 bits per heavy atom. The molecule has 0 aromatic heterocycles. The van der Waals surface area contributed by atoms with Crippen LogP contribution in [0.3, 0.4) is 0 Å². The lowest BCUT2D eigenvalue weighted by Gasteiger charge is -2.16. The van der Waals surface area contributed by atoms with Crippen molar-refractivity contribution in [3.8, 4) is 0 Å². The van der Waals surface area contributed by atoms with E-state index >= 15 is 0 Å². The topological polar surface area (TPSA) is 17.1 Å². The first-order chi connectivity index (χ1) is 6.45. The quantitative estimate of drug-likeness (QED) is 0.553. The van der Waals surface area contributed by atoms with Crippen LogP contribution < -0.4 is 5.19 Å². The van der Waals surface area contributed by atoms with Gasteiger partial charge >= 0.3 is 0 Å². The number of Topliss-reactive ketones (excluding diaryl/α,β-unsaturated/α-hetero) is 1. The van der Waals surface area contributed by atoms with Gasteiger partial charge < -0.3 is 0 Å². The average molecular weight is 210 g/mol. The summed E-state index contributed by atoms with van der Waals surface area (Å²) in [5, 5.41) is 1.29. The van der Waals surface area contributed by atoms with Crippen molar-refractivity contribution < 1.29 is 9.18 Å². The molecule has 14 heavy (non-hydrogen) atoms. The fraction of sp³-hybridized carbons (Fsp3) is 0.364. The minimum Gasteiger partial charge on any atom is -0.291 e. The predicted molar refractivity (Wildman–Crippen MR) is 59.7 cm³/mol. The average Bonchev–Trinajstić information content (AvgIpc) is 2.15. The van der Waals surface area contributed by atoms with Gasteiger partial charge in [0.2, 0.25) is 0 Å². The molecule has 1 rings (SSSR count). The highest BCUT2D eigenvalue weighted by atomic mass is 28.3. The van der Waals surface area contributed by atoms with Gasteiger partial charge in [-0.25, -0.2) is 4.39 Å². The van der Waals surface area contributed by atoms with E-state index in [9.17, 15) is 9.18 Å². The Labute approximate surface area is 85.0 Å². The van der Waals surface area contributed by atoms with Gasteiger partial charge in [-0.1, -0.05) is 49.1 Å². The summed E-state index contributed by atoms with van der Waals surface area (Å²) in [4.78, 5) is 11.0. The Hall–Kier alpha value is -0.963. The van der Waals surface area contributed by atoms with Crippen molar-refractivity contribution in [2.45, 2.75) is 19.6 Å². The molecule has 0 aliphatic rings. The van der Waals surface area contributed by atoms with Gasteiger partial charge in [0.25, 0.3) is 0 Å². The summed E-state index contributed by atoms with van der Waals surface area (Å²) in [6.45, 7) is 5.79. The van der Waals surface area contributed by atoms with Crippen molar-refractivity contribution in [2.75, 3.05) is 6.67 Å².